The predicted molar refractivity (Wildman–Crippen MR) is 171 cm³/mol. The van der Waals surface area contributed by atoms with Crippen LogP contribution in [0.15, 0.2) is 138 Å². The van der Waals surface area contributed by atoms with E-state index in [1.807, 2.05) is 36.4 Å². The van der Waals surface area contributed by atoms with E-state index >= 15 is 0 Å². The first-order valence-electron chi connectivity index (χ1n) is 12.5. The Morgan fingerprint density at radius 1 is 0.605 bits per heavy atom. The zero-order valence-electron chi connectivity index (χ0n) is 20.4. The van der Waals surface area contributed by atoms with Gasteiger partial charge in [-0.3, -0.25) is 0 Å². The van der Waals surface area contributed by atoms with Gasteiger partial charge in [-0.15, -0.1) is 0 Å². The van der Waals surface area contributed by atoms with Crippen molar-refractivity contribution in [3.63, 3.8) is 0 Å². The molecular weight excluding hydrogens is 668 g/mol. The zero-order valence-corrected chi connectivity index (χ0v) is 25.2. The average molecular weight is 691 g/mol. The molecule has 0 amide bonds. The third kappa shape index (κ3) is 5.24. The van der Waals surface area contributed by atoms with Crippen LogP contribution >= 0.6 is 47.8 Å². The van der Waals surface area contributed by atoms with E-state index in [1.165, 1.54) is 5.57 Å². The summed E-state index contributed by atoms with van der Waals surface area (Å²) in [6, 6.07) is 8.28. The summed E-state index contributed by atoms with van der Waals surface area (Å²) in [6.07, 6.45) is 22.7. The number of aliphatic imine (C=N–C) groups is 4. The highest BCUT2D eigenvalue weighted by Crippen LogP contribution is 2.34. The van der Waals surface area contributed by atoms with Crippen LogP contribution < -0.4 is 0 Å². The van der Waals surface area contributed by atoms with Gasteiger partial charge in [-0.2, -0.15) is 0 Å². The number of rotatable bonds is 6. The first kappa shape index (κ1) is 25.5. The van der Waals surface area contributed by atoms with Gasteiger partial charge in [-0.05, 0) is 97.2 Å². The minimum Gasteiger partial charge on any atom is -0.249 e. The Balaban J connectivity index is 1.53. The quantitative estimate of drug-likeness (QED) is 0.269. The van der Waals surface area contributed by atoms with Gasteiger partial charge in [0.1, 0.15) is 0 Å². The molecule has 0 aromatic heterocycles. The number of benzene rings is 1. The topological polar surface area (TPSA) is 49.4 Å². The summed E-state index contributed by atoms with van der Waals surface area (Å²) in [5, 5.41) is 1.84. The van der Waals surface area contributed by atoms with E-state index in [1.54, 1.807) is 0 Å². The Hall–Kier alpha value is -2.74. The summed E-state index contributed by atoms with van der Waals surface area (Å²) in [7, 11) is 0. The van der Waals surface area contributed by atoms with Crippen molar-refractivity contribution in [2.45, 2.75) is 12.8 Å². The fraction of sp³-hybridized carbons (Fsp3) is 0.161. The van der Waals surface area contributed by atoms with Gasteiger partial charge in [-0.1, -0.05) is 59.9 Å². The van der Waals surface area contributed by atoms with E-state index in [2.05, 4.69) is 96.4 Å². The molecule has 1 aromatic carbocycles. The molecule has 0 unspecified atom stereocenters. The molecule has 0 spiro atoms. The summed E-state index contributed by atoms with van der Waals surface area (Å²) in [4.78, 5) is 20.0. The van der Waals surface area contributed by atoms with Crippen molar-refractivity contribution in [1.29, 1.82) is 0 Å². The van der Waals surface area contributed by atoms with Crippen LogP contribution in [0.4, 0.5) is 0 Å². The predicted octanol–water partition coefficient (Wildman–Crippen LogP) is 8.43. The molecule has 0 fully saturated rings. The SMILES string of the molecule is BrCCC(CCBr)C1=C2C=CC(=N2)C=C2C=CC(=N2)C(c2ccc(Br)cc2)=C2C=CC(=N2)C=C2C=CC1=N2. The molecule has 6 rings (SSSR count). The van der Waals surface area contributed by atoms with Crippen molar-refractivity contribution in [2.24, 2.45) is 25.9 Å². The monoisotopic (exact) mass is 688 g/mol. The fourth-order valence-corrected chi connectivity index (χ4v) is 6.37. The number of nitrogens with zero attached hydrogens (tertiary/aromatic N) is 4. The molecule has 38 heavy (non-hydrogen) atoms. The fourth-order valence-electron chi connectivity index (χ4n) is 5.00. The zero-order chi connectivity index (χ0) is 26.1. The molecule has 0 N–H and O–H groups in total. The molecule has 0 aliphatic carbocycles. The molecular formula is C31H23Br3N4. The van der Waals surface area contributed by atoms with Crippen LogP contribution in [0.3, 0.4) is 0 Å². The van der Waals surface area contributed by atoms with E-state index in [4.69, 9.17) is 20.0 Å². The van der Waals surface area contributed by atoms with E-state index < -0.39 is 0 Å². The summed E-state index contributed by atoms with van der Waals surface area (Å²) in [5.74, 6) is 0.327. The summed E-state index contributed by atoms with van der Waals surface area (Å²) >= 11 is 10.9. The Morgan fingerprint density at radius 2 is 1.18 bits per heavy atom. The van der Waals surface area contributed by atoms with Crippen molar-refractivity contribution in [3.8, 4) is 0 Å². The maximum absolute atomic E-state index is 5.03. The molecule has 0 radical (unpaired) electrons. The highest BCUT2D eigenvalue weighted by Gasteiger charge is 2.25. The molecule has 0 saturated heterocycles. The molecule has 5 aliphatic rings. The molecule has 1 aromatic rings. The molecule has 0 saturated carbocycles. The maximum atomic E-state index is 5.03. The number of hydrogen-bond acceptors (Lipinski definition) is 4. The Kier molecular flexibility index (Phi) is 7.50. The highest BCUT2D eigenvalue weighted by atomic mass is 79.9. The number of alkyl halides is 2. The first-order valence-corrected chi connectivity index (χ1v) is 15.5. The molecule has 8 bridgehead atoms. The Bertz CT molecular complexity index is 1560. The Morgan fingerprint density at radius 3 is 1.84 bits per heavy atom. The maximum Gasteiger partial charge on any atom is 0.0737 e. The van der Waals surface area contributed by atoms with Crippen molar-refractivity contribution in [1.82, 2.24) is 0 Å². The van der Waals surface area contributed by atoms with Gasteiger partial charge in [0.15, 0.2) is 0 Å². The second-order valence-corrected chi connectivity index (χ2v) is 11.8. The van der Waals surface area contributed by atoms with Crippen molar-refractivity contribution < 1.29 is 0 Å². The molecule has 188 valence electrons. The van der Waals surface area contributed by atoms with Crippen LogP contribution in [-0.4, -0.2) is 33.5 Å². The van der Waals surface area contributed by atoms with Gasteiger partial charge >= 0.3 is 0 Å². The lowest BCUT2D eigenvalue weighted by atomic mass is 9.88. The van der Waals surface area contributed by atoms with Crippen LogP contribution in [0.25, 0.3) is 5.57 Å². The number of allylic oxidation sites excluding steroid dienone is 12. The van der Waals surface area contributed by atoms with E-state index in [-0.39, 0.29) is 0 Å². The standard InChI is InChI=1S/C31H23Br3N4/c32-15-13-20(14-16-33)31-28-11-7-24(37-28)17-22-5-9-26(35-22)30(19-1-3-21(34)4-2-19)27-10-6-23(36-27)18-25-8-12-29(31)38-25/h1-12,17-18,20H,13-16H2. The minimum absolute atomic E-state index is 0.327. The van der Waals surface area contributed by atoms with Crippen LogP contribution in [0, 0.1) is 5.92 Å². The largest absolute Gasteiger partial charge is 0.249 e. The number of fused-ring (bicyclic) bond motifs is 4. The third-order valence-corrected chi connectivity index (χ3v) is 8.20. The lowest BCUT2D eigenvalue weighted by Crippen LogP contribution is -2.14. The van der Waals surface area contributed by atoms with Crippen LogP contribution in [0.2, 0.25) is 0 Å². The molecule has 5 heterocycles. The van der Waals surface area contributed by atoms with Gasteiger partial charge in [0.2, 0.25) is 0 Å². The van der Waals surface area contributed by atoms with Gasteiger partial charge in [0.05, 0.1) is 45.6 Å². The highest BCUT2D eigenvalue weighted by molar-refractivity contribution is 9.10. The lowest BCUT2D eigenvalue weighted by molar-refractivity contribution is 0.600. The molecule has 4 nitrogen and oxygen atoms in total. The summed E-state index contributed by atoms with van der Waals surface area (Å²) in [5.41, 5.74) is 10.5. The number of hydrogen-bond donors (Lipinski definition) is 0. The summed E-state index contributed by atoms with van der Waals surface area (Å²) < 4.78 is 1.03. The lowest BCUT2D eigenvalue weighted by Gasteiger charge is -2.19. The molecule has 7 heteroatoms. The van der Waals surface area contributed by atoms with Crippen molar-refractivity contribution >= 4 is 76.2 Å². The van der Waals surface area contributed by atoms with Crippen molar-refractivity contribution in [3.05, 3.63) is 123 Å². The number of halogens is 3. The van der Waals surface area contributed by atoms with Crippen LogP contribution in [-0.2, 0) is 0 Å². The molecule has 0 atom stereocenters. The van der Waals surface area contributed by atoms with Crippen LogP contribution in [0.1, 0.15) is 18.4 Å². The van der Waals surface area contributed by atoms with E-state index in [9.17, 15) is 0 Å². The second-order valence-electron chi connectivity index (χ2n) is 9.26. The third-order valence-electron chi connectivity index (χ3n) is 6.76. The molecule has 5 aliphatic heterocycles. The van der Waals surface area contributed by atoms with Crippen molar-refractivity contribution in [2.75, 3.05) is 10.7 Å². The van der Waals surface area contributed by atoms with E-state index in [0.717, 1.165) is 84.7 Å². The Labute approximate surface area is 247 Å². The normalized spacial score (nSPS) is 19.4. The van der Waals surface area contributed by atoms with Gasteiger partial charge in [0.25, 0.3) is 0 Å². The van der Waals surface area contributed by atoms with Gasteiger partial charge < -0.3 is 0 Å². The smallest absolute Gasteiger partial charge is 0.0737 e. The van der Waals surface area contributed by atoms with E-state index in [0.29, 0.717) is 5.92 Å². The van der Waals surface area contributed by atoms with Crippen LogP contribution in [0.5, 0.6) is 0 Å². The van der Waals surface area contributed by atoms with Gasteiger partial charge in [-0.25, -0.2) is 20.0 Å². The first-order chi connectivity index (χ1) is 18.6. The minimum atomic E-state index is 0.327. The second kappa shape index (κ2) is 11.2. The average Bonchev–Trinajstić information content (AvgIpc) is 3.72. The summed E-state index contributed by atoms with van der Waals surface area (Å²) in [6.45, 7) is 0. The van der Waals surface area contributed by atoms with Gasteiger partial charge in [0, 0.05) is 26.3 Å².